The Bertz CT molecular complexity index is 755. The lowest BCUT2D eigenvalue weighted by molar-refractivity contribution is 0.279. The molecule has 0 radical (unpaired) electrons. The van der Waals surface area contributed by atoms with Crippen molar-refractivity contribution in [1.82, 2.24) is 0 Å². The number of aliphatic hydroxyl groups excluding tert-OH is 1. The Labute approximate surface area is 129 Å². The number of ether oxygens (including phenoxy) is 1. The molecule has 0 saturated carbocycles. The highest BCUT2D eigenvalue weighted by atomic mass is 16.5. The van der Waals surface area contributed by atoms with Crippen LogP contribution in [0.2, 0.25) is 0 Å². The predicted octanol–water partition coefficient (Wildman–Crippen LogP) is 4.42. The standard InChI is InChI=1S/C19H18O3/c1-13-17(12-20)18(14-8-10-16(21-2)11-9-14)19(22-13)15-6-4-3-5-7-15/h3-11,20H,12H2,1-2H3. The largest absolute Gasteiger partial charge is 0.497 e. The van der Waals surface area contributed by atoms with Crippen LogP contribution in [0.3, 0.4) is 0 Å². The summed E-state index contributed by atoms with van der Waals surface area (Å²) in [7, 11) is 1.64. The van der Waals surface area contributed by atoms with Crippen molar-refractivity contribution in [2.24, 2.45) is 0 Å². The fourth-order valence-electron chi connectivity index (χ4n) is 2.62. The van der Waals surface area contributed by atoms with Crippen molar-refractivity contribution >= 4 is 0 Å². The second kappa shape index (κ2) is 6.08. The van der Waals surface area contributed by atoms with Gasteiger partial charge < -0.3 is 14.3 Å². The minimum Gasteiger partial charge on any atom is -0.497 e. The molecule has 0 unspecified atom stereocenters. The van der Waals surface area contributed by atoms with Gasteiger partial charge in [0.1, 0.15) is 17.3 Å². The SMILES string of the molecule is COc1ccc(-c2c(-c3ccccc3)oc(C)c2CO)cc1. The van der Waals surface area contributed by atoms with Crippen molar-refractivity contribution < 1.29 is 14.3 Å². The Morgan fingerprint density at radius 1 is 0.955 bits per heavy atom. The van der Waals surface area contributed by atoms with E-state index in [-0.39, 0.29) is 6.61 Å². The number of furan rings is 1. The summed E-state index contributed by atoms with van der Waals surface area (Å²) >= 11 is 0. The number of benzene rings is 2. The molecule has 3 heteroatoms. The van der Waals surface area contributed by atoms with Gasteiger partial charge in [-0.25, -0.2) is 0 Å². The lowest BCUT2D eigenvalue weighted by Gasteiger charge is -2.07. The summed E-state index contributed by atoms with van der Waals surface area (Å²) in [5.41, 5.74) is 3.76. The zero-order valence-electron chi connectivity index (χ0n) is 12.7. The van der Waals surface area contributed by atoms with Crippen LogP contribution in [-0.4, -0.2) is 12.2 Å². The van der Waals surface area contributed by atoms with Gasteiger partial charge in [0.2, 0.25) is 0 Å². The first-order chi connectivity index (χ1) is 10.7. The Morgan fingerprint density at radius 3 is 2.23 bits per heavy atom. The molecule has 0 atom stereocenters. The zero-order valence-corrected chi connectivity index (χ0v) is 12.7. The molecule has 0 spiro atoms. The van der Waals surface area contributed by atoms with Gasteiger partial charge in [-0.1, -0.05) is 42.5 Å². The van der Waals surface area contributed by atoms with Gasteiger partial charge in [0.05, 0.1) is 13.7 Å². The van der Waals surface area contributed by atoms with Gasteiger partial charge in [-0.15, -0.1) is 0 Å². The number of aryl methyl sites for hydroxylation is 1. The number of hydrogen-bond donors (Lipinski definition) is 1. The average Bonchev–Trinajstić information content (AvgIpc) is 2.92. The van der Waals surface area contributed by atoms with E-state index < -0.39 is 0 Å². The van der Waals surface area contributed by atoms with Gasteiger partial charge >= 0.3 is 0 Å². The molecule has 2 aromatic carbocycles. The van der Waals surface area contributed by atoms with Gasteiger partial charge in [0, 0.05) is 16.7 Å². The fourth-order valence-corrected chi connectivity index (χ4v) is 2.62. The highest BCUT2D eigenvalue weighted by molar-refractivity contribution is 5.83. The van der Waals surface area contributed by atoms with E-state index in [1.54, 1.807) is 7.11 Å². The van der Waals surface area contributed by atoms with Crippen LogP contribution in [0.25, 0.3) is 22.5 Å². The normalized spacial score (nSPS) is 10.7. The third-order valence-corrected chi connectivity index (χ3v) is 3.78. The monoisotopic (exact) mass is 294 g/mol. The lowest BCUT2D eigenvalue weighted by Crippen LogP contribution is -1.89. The summed E-state index contributed by atoms with van der Waals surface area (Å²) in [5.74, 6) is 2.33. The number of methoxy groups -OCH3 is 1. The van der Waals surface area contributed by atoms with Crippen molar-refractivity contribution in [3.05, 3.63) is 65.9 Å². The molecular formula is C19H18O3. The molecule has 0 bridgehead atoms. The van der Waals surface area contributed by atoms with E-state index in [1.165, 1.54) is 0 Å². The molecule has 1 heterocycles. The van der Waals surface area contributed by atoms with Crippen molar-refractivity contribution in [2.75, 3.05) is 7.11 Å². The molecule has 0 saturated heterocycles. The van der Waals surface area contributed by atoms with Crippen molar-refractivity contribution in [3.8, 4) is 28.2 Å². The smallest absolute Gasteiger partial charge is 0.142 e. The molecule has 3 nitrogen and oxygen atoms in total. The Morgan fingerprint density at radius 2 is 1.64 bits per heavy atom. The summed E-state index contributed by atoms with van der Waals surface area (Å²) in [4.78, 5) is 0. The maximum absolute atomic E-state index is 9.74. The quantitative estimate of drug-likeness (QED) is 0.774. The second-order valence-corrected chi connectivity index (χ2v) is 5.09. The van der Waals surface area contributed by atoms with E-state index >= 15 is 0 Å². The van der Waals surface area contributed by atoms with E-state index in [1.807, 2.05) is 61.5 Å². The lowest BCUT2D eigenvalue weighted by atomic mass is 9.97. The van der Waals surface area contributed by atoms with Gasteiger partial charge in [-0.2, -0.15) is 0 Å². The Hall–Kier alpha value is -2.52. The maximum atomic E-state index is 9.74. The molecule has 3 aromatic rings. The van der Waals surface area contributed by atoms with Crippen LogP contribution < -0.4 is 4.74 Å². The number of rotatable bonds is 4. The van der Waals surface area contributed by atoms with Crippen molar-refractivity contribution in [3.63, 3.8) is 0 Å². The average molecular weight is 294 g/mol. The molecule has 0 aliphatic carbocycles. The first kappa shape index (κ1) is 14.4. The molecule has 1 N–H and O–H groups in total. The van der Waals surface area contributed by atoms with E-state index in [0.717, 1.165) is 39.5 Å². The van der Waals surface area contributed by atoms with Crippen molar-refractivity contribution in [2.45, 2.75) is 13.5 Å². The van der Waals surface area contributed by atoms with Gasteiger partial charge in [0.15, 0.2) is 0 Å². The molecule has 1 aromatic heterocycles. The topological polar surface area (TPSA) is 42.6 Å². The first-order valence-corrected chi connectivity index (χ1v) is 7.17. The van der Waals surface area contributed by atoms with Crippen LogP contribution in [0.1, 0.15) is 11.3 Å². The summed E-state index contributed by atoms with van der Waals surface area (Å²) in [5, 5.41) is 9.74. The summed E-state index contributed by atoms with van der Waals surface area (Å²) in [6.07, 6.45) is 0. The first-order valence-electron chi connectivity index (χ1n) is 7.17. The minimum absolute atomic E-state index is 0.0521. The van der Waals surface area contributed by atoms with Crippen LogP contribution in [0.5, 0.6) is 5.75 Å². The van der Waals surface area contributed by atoms with Crippen LogP contribution in [-0.2, 0) is 6.61 Å². The van der Waals surface area contributed by atoms with Gasteiger partial charge in [-0.05, 0) is 24.6 Å². The van der Waals surface area contributed by atoms with Crippen LogP contribution in [0.4, 0.5) is 0 Å². The molecular weight excluding hydrogens is 276 g/mol. The highest BCUT2D eigenvalue weighted by Gasteiger charge is 2.19. The van der Waals surface area contributed by atoms with E-state index in [4.69, 9.17) is 9.15 Å². The minimum atomic E-state index is -0.0521. The van der Waals surface area contributed by atoms with E-state index in [2.05, 4.69) is 0 Å². The molecule has 0 aliphatic heterocycles. The van der Waals surface area contributed by atoms with Gasteiger partial charge in [0.25, 0.3) is 0 Å². The maximum Gasteiger partial charge on any atom is 0.142 e. The van der Waals surface area contributed by atoms with Crippen LogP contribution in [0, 0.1) is 6.92 Å². The Balaban J connectivity index is 2.19. The molecule has 3 rings (SSSR count). The van der Waals surface area contributed by atoms with E-state index in [9.17, 15) is 5.11 Å². The molecule has 0 fully saturated rings. The van der Waals surface area contributed by atoms with Crippen LogP contribution >= 0.6 is 0 Å². The molecule has 0 aliphatic rings. The van der Waals surface area contributed by atoms with Gasteiger partial charge in [-0.3, -0.25) is 0 Å². The summed E-state index contributed by atoms with van der Waals surface area (Å²) < 4.78 is 11.2. The fraction of sp³-hybridized carbons (Fsp3) is 0.158. The third kappa shape index (κ3) is 2.51. The predicted molar refractivity (Wildman–Crippen MR) is 86.8 cm³/mol. The zero-order chi connectivity index (χ0) is 15.5. The Kier molecular flexibility index (Phi) is 3.98. The summed E-state index contributed by atoms with van der Waals surface area (Å²) in [6, 6.07) is 17.7. The highest BCUT2D eigenvalue weighted by Crippen LogP contribution is 2.39. The van der Waals surface area contributed by atoms with E-state index in [0.29, 0.717) is 0 Å². The second-order valence-electron chi connectivity index (χ2n) is 5.09. The van der Waals surface area contributed by atoms with Crippen molar-refractivity contribution in [1.29, 1.82) is 0 Å². The molecule has 22 heavy (non-hydrogen) atoms. The number of hydrogen-bond acceptors (Lipinski definition) is 3. The van der Waals surface area contributed by atoms with Crippen LogP contribution in [0.15, 0.2) is 59.0 Å². The number of aliphatic hydroxyl groups is 1. The molecule has 0 amide bonds. The molecule has 112 valence electrons. The summed E-state index contributed by atoms with van der Waals surface area (Å²) in [6.45, 7) is 1.83. The third-order valence-electron chi connectivity index (χ3n) is 3.78.